The SMILES string of the molecule is CC(C)C1(C(=O)O)CCN(c2ccc(Cl)cc2C(N)=O)C1. The van der Waals surface area contributed by atoms with E-state index in [-0.39, 0.29) is 5.92 Å². The molecule has 1 aromatic carbocycles. The second-order valence-corrected chi connectivity index (χ2v) is 6.25. The second-order valence-electron chi connectivity index (χ2n) is 5.81. The van der Waals surface area contributed by atoms with Gasteiger partial charge in [0.2, 0.25) is 0 Å². The Labute approximate surface area is 128 Å². The first-order valence-corrected chi connectivity index (χ1v) is 7.23. The summed E-state index contributed by atoms with van der Waals surface area (Å²) in [5, 5.41) is 10.0. The molecule has 0 aliphatic carbocycles. The molecule has 0 radical (unpaired) electrons. The summed E-state index contributed by atoms with van der Waals surface area (Å²) in [6.07, 6.45) is 0.542. The zero-order valence-corrected chi connectivity index (χ0v) is 12.9. The number of primary amides is 1. The summed E-state index contributed by atoms with van der Waals surface area (Å²) in [4.78, 5) is 25.2. The number of aliphatic carboxylic acids is 1. The van der Waals surface area contributed by atoms with Crippen LogP contribution >= 0.6 is 11.6 Å². The Bertz CT molecular complexity index is 588. The van der Waals surface area contributed by atoms with E-state index in [0.717, 1.165) is 0 Å². The summed E-state index contributed by atoms with van der Waals surface area (Å²) in [5.74, 6) is -1.36. The minimum atomic E-state index is -0.797. The Morgan fingerprint density at radius 1 is 1.43 bits per heavy atom. The van der Waals surface area contributed by atoms with Crippen LogP contribution in [0.1, 0.15) is 30.6 Å². The summed E-state index contributed by atoms with van der Waals surface area (Å²) < 4.78 is 0. The minimum absolute atomic E-state index is 0.00401. The van der Waals surface area contributed by atoms with E-state index in [4.69, 9.17) is 17.3 Å². The molecule has 114 valence electrons. The minimum Gasteiger partial charge on any atom is -0.481 e. The molecule has 1 unspecified atom stereocenters. The van der Waals surface area contributed by atoms with Gasteiger partial charge in [-0.1, -0.05) is 25.4 Å². The maximum atomic E-state index is 11.7. The number of nitrogens with zero attached hydrogens (tertiary/aromatic N) is 1. The Morgan fingerprint density at radius 3 is 2.57 bits per heavy atom. The number of benzene rings is 1. The number of carbonyl (C=O) groups excluding carboxylic acids is 1. The quantitative estimate of drug-likeness (QED) is 0.894. The molecular weight excluding hydrogens is 292 g/mol. The van der Waals surface area contributed by atoms with Gasteiger partial charge in [0.1, 0.15) is 0 Å². The van der Waals surface area contributed by atoms with E-state index in [9.17, 15) is 14.7 Å². The third kappa shape index (κ3) is 2.70. The van der Waals surface area contributed by atoms with Gasteiger partial charge in [-0.15, -0.1) is 0 Å². The normalized spacial score (nSPS) is 21.8. The molecule has 1 fully saturated rings. The van der Waals surface area contributed by atoms with Crippen LogP contribution in [-0.4, -0.2) is 30.1 Å². The molecule has 1 saturated heterocycles. The number of anilines is 1. The molecule has 2 rings (SSSR count). The molecule has 1 amide bonds. The maximum Gasteiger partial charge on any atom is 0.311 e. The first-order chi connectivity index (χ1) is 9.78. The standard InChI is InChI=1S/C15H19ClN2O3/c1-9(2)15(14(20)21)5-6-18(8-15)12-4-3-10(16)7-11(12)13(17)19/h3-4,7,9H,5-6,8H2,1-2H3,(H2,17,19)(H,20,21). The molecule has 1 atom stereocenters. The van der Waals surface area contributed by atoms with Crippen LogP contribution in [0.25, 0.3) is 0 Å². The van der Waals surface area contributed by atoms with Gasteiger partial charge in [-0.25, -0.2) is 0 Å². The smallest absolute Gasteiger partial charge is 0.311 e. The highest BCUT2D eigenvalue weighted by Crippen LogP contribution is 2.41. The Kier molecular flexibility index (Phi) is 4.14. The van der Waals surface area contributed by atoms with Crippen molar-refractivity contribution in [3.05, 3.63) is 28.8 Å². The number of nitrogens with two attached hydrogens (primary N) is 1. The highest BCUT2D eigenvalue weighted by Gasteiger charge is 2.47. The van der Waals surface area contributed by atoms with Crippen molar-refractivity contribution in [1.82, 2.24) is 0 Å². The van der Waals surface area contributed by atoms with E-state index in [1.54, 1.807) is 12.1 Å². The van der Waals surface area contributed by atoms with Crippen LogP contribution in [0, 0.1) is 11.3 Å². The van der Waals surface area contributed by atoms with Crippen molar-refractivity contribution in [3.63, 3.8) is 0 Å². The Balaban J connectivity index is 2.38. The third-order valence-corrected chi connectivity index (χ3v) is 4.63. The van der Waals surface area contributed by atoms with Gasteiger partial charge in [0.15, 0.2) is 0 Å². The number of hydrogen-bond acceptors (Lipinski definition) is 3. The second kappa shape index (κ2) is 5.56. The van der Waals surface area contributed by atoms with Gasteiger partial charge in [0, 0.05) is 23.8 Å². The largest absolute Gasteiger partial charge is 0.481 e. The van der Waals surface area contributed by atoms with E-state index in [1.807, 2.05) is 18.7 Å². The van der Waals surface area contributed by atoms with Gasteiger partial charge in [-0.3, -0.25) is 9.59 Å². The first-order valence-electron chi connectivity index (χ1n) is 6.85. The average molecular weight is 311 g/mol. The number of rotatable bonds is 4. The van der Waals surface area contributed by atoms with E-state index in [0.29, 0.717) is 35.8 Å². The van der Waals surface area contributed by atoms with Gasteiger partial charge in [-0.2, -0.15) is 0 Å². The number of halogens is 1. The van der Waals surface area contributed by atoms with Crippen molar-refractivity contribution in [1.29, 1.82) is 0 Å². The number of amides is 1. The van der Waals surface area contributed by atoms with Crippen molar-refractivity contribution in [2.45, 2.75) is 20.3 Å². The third-order valence-electron chi connectivity index (χ3n) is 4.40. The molecule has 1 aromatic rings. The monoisotopic (exact) mass is 310 g/mol. The molecule has 0 saturated carbocycles. The molecular formula is C15H19ClN2O3. The zero-order chi connectivity index (χ0) is 15.8. The van der Waals surface area contributed by atoms with Crippen molar-refractivity contribution in [3.8, 4) is 0 Å². The predicted molar refractivity (Wildman–Crippen MR) is 81.7 cm³/mol. The van der Waals surface area contributed by atoms with E-state index < -0.39 is 17.3 Å². The summed E-state index contributed by atoms with van der Waals surface area (Å²) in [7, 11) is 0. The lowest BCUT2D eigenvalue weighted by Crippen LogP contribution is -2.39. The lowest BCUT2D eigenvalue weighted by atomic mass is 9.76. The van der Waals surface area contributed by atoms with Crippen molar-refractivity contribution in [2.75, 3.05) is 18.0 Å². The summed E-state index contributed by atoms with van der Waals surface area (Å²) >= 11 is 5.90. The highest BCUT2D eigenvalue weighted by atomic mass is 35.5. The molecule has 6 heteroatoms. The Morgan fingerprint density at radius 2 is 2.10 bits per heavy atom. The van der Waals surface area contributed by atoms with Crippen molar-refractivity contribution >= 4 is 29.2 Å². The van der Waals surface area contributed by atoms with E-state index in [1.165, 1.54) is 6.07 Å². The van der Waals surface area contributed by atoms with Gasteiger partial charge in [0.05, 0.1) is 11.0 Å². The number of carboxylic acids is 1. The molecule has 1 aliphatic rings. The summed E-state index contributed by atoms with van der Waals surface area (Å²) in [6, 6.07) is 4.93. The number of carbonyl (C=O) groups is 2. The fraction of sp³-hybridized carbons (Fsp3) is 0.467. The van der Waals surface area contributed by atoms with Crippen LogP contribution in [0.2, 0.25) is 5.02 Å². The molecule has 1 heterocycles. The molecule has 1 aliphatic heterocycles. The van der Waals surface area contributed by atoms with Crippen LogP contribution in [-0.2, 0) is 4.79 Å². The van der Waals surface area contributed by atoms with Crippen molar-refractivity contribution in [2.24, 2.45) is 17.1 Å². The lowest BCUT2D eigenvalue weighted by Gasteiger charge is -2.29. The van der Waals surface area contributed by atoms with Crippen molar-refractivity contribution < 1.29 is 14.7 Å². The van der Waals surface area contributed by atoms with Gasteiger partial charge < -0.3 is 15.7 Å². The van der Waals surface area contributed by atoms with Gasteiger partial charge >= 0.3 is 5.97 Å². The van der Waals surface area contributed by atoms with Crippen LogP contribution in [0.3, 0.4) is 0 Å². The summed E-state index contributed by atoms with van der Waals surface area (Å²) in [5.41, 5.74) is 5.58. The fourth-order valence-electron chi connectivity index (χ4n) is 2.91. The predicted octanol–water partition coefficient (Wildman–Crippen LogP) is 2.38. The van der Waals surface area contributed by atoms with Crippen LogP contribution in [0.4, 0.5) is 5.69 Å². The highest BCUT2D eigenvalue weighted by molar-refractivity contribution is 6.31. The van der Waals surface area contributed by atoms with Crippen LogP contribution in [0.5, 0.6) is 0 Å². The fourth-order valence-corrected chi connectivity index (χ4v) is 3.09. The molecule has 0 aromatic heterocycles. The number of hydrogen-bond donors (Lipinski definition) is 2. The average Bonchev–Trinajstić information content (AvgIpc) is 2.84. The van der Waals surface area contributed by atoms with E-state index in [2.05, 4.69) is 0 Å². The summed E-state index contributed by atoms with van der Waals surface area (Å²) in [6.45, 7) is 4.76. The lowest BCUT2D eigenvalue weighted by molar-refractivity contribution is -0.150. The molecule has 0 spiro atoms. The zero-order valence-electron chi connectivity index (χ0n) is 12.1. The van der Waals surface area contributed by atoms with E-state index >= 15 is 0 Å². The molecule has 5 nitrogen and oxygen atoms in total. The molecule has 0 bridgehead atoms. The van der Waals surface area contributed by atoms with Crippen LogP contribution in [0.15, 0.2) is 18.2 Å². The van der Waals surface area contributed by atoms with Gasteiger partial charge in [-0.05, 0) is 30.5 Å². The van der Waals surface area contributed by atoms with Gasteiger partial charge in [0.25, 0.3) is 5.91 Å². The molecule has 3 N–H and O–H groups in total. The maximum absolute atomic E-state index is 11.7. The molecule has 21 heavy (non-hydrogen) atoms. The topological polar surface area (TPSA) is 83.6 Å². The Hall–Kier alpha value is -1.75. The van der Waals surface area contributed by atoms with Crippen LogP contribution < -0.4 is 10.6 Å². The first kappa shape index (κ1) is 15.6. The number of carboxylic acid groups (broad SMARTS) is 1.